The zero-order chi connectivity index (χ0) is 12.1. The second-order valence-electron chi connectivity index (χ2n) is 3.61. The summed E-state index contributed by atoms with van der Waals surface area (Å²) in [7, 11) is 1.62. The van der Waals surface area contributed by atoms with Crippen LogP contribution in [0, 0.1) is 6.92 Å². The van der Waals surface area contributed by atoms with E-state index in [1.165, 1.54) is 0 Å². The highest BCUT2D eigenvalue weighted by molar-refractivity contribution is 6.31. The minimum absolute atomic E-state index is 0.681. The van der Waals surface area contributed by atoms with Crippen molar-refractivity contribution in [2.45, 2.75) is 13.8 Å². The molecule has 0 amide bonds. The molecule has 0 aromatic heterocycles. The number of methoxy groups -OCH3 is 1. The number of hydrogen-bond acceptors (Lipinski definition) is 2. The predicted octanol–water partition coefficient (Wildman–Crippen LogP) is 4.21. The molecular formula is C12H15Cl2NO. The number of nitrogens with one attached hydrogen (secondary N) is 1. The summed E-state index contributed by atoms with van der Waals surface area (Å²) in [5.41, 5.74) is 4.54. The first-order chi connectivity index (χ1) is 7.58. The molecule has 0 atom stereocenters. The van der Waals surface area contributed by atoms with Gasteiger partial charge in [0.25, 0.3) is 0 Å². The highest BCUT2D eigenvalue weighted by Gasteiger charge is 2.06. The van der Waals surface area contributed by atoms with Gasteiger partial charge in [0.2, 0.25) is 0 Å². The number of hydrogen-bond donors (Lipinski definition) is 1. The van der Waals surface area contributed by atoms with E-state index in [0.29, 0.717) is 11.6 Å². The molecule has 0 saturated heterocycles. The molecule has 2 nitrogen and oxygen atoms in total. The summed E-state index contributed by atoms with van der Waals surface area (Å²) in [5, 5.41) is 3.95. The van der Waals surface area contributed by atoms with Crippen LogP contribution in [0.5, 0.6) is 5.75 Å². The fourth-order valence-electron chi connectivity index (χ4n) is 1.24. The van der Waals surface area contributed by atoms with Crippen molar-refractivity contribution in [3.63, 3.8) is 0 Å². The largest absolute Gasteiger partial charge is 0.495 e. The Kier molecular flexibility index (Phi) is 4.97. The number of benzene rings is 1. The van der Waals surface area contributed by atoms with Gasteiger partial charge in [0.1, 0.15) is 5.75 Å². The van der Waals surface area contributed by atoms with E-state index in [1.807, 2.05) is 19.9 Å². The monoisotopic (exact) mass is 259 g/mol. The lowest BCUT2D eigenvalue weighted by molar-refractivity contribution is 0.416. The normalized spacial score (nSPS) is 11.4. The van der Waals surface area contributed by atoms with Crippen LogP contribution in [0.15, 0.2) is 23.2 Å². The molecule has 0 heterocycles. The van der Waals surface area contributed by atoms with E-state index in [9.17, 15) is 0 Å². The van der Waals surface area contributed by atoms with Crippen LogP contribution in [0.1, 0.15) is 12.5 Å². The maximum atomic E-state index is 6.01. The third-order valence-corrected chi connectivity index (χ3v) is 3.00. The van der Waals surface area contributed by atoms with Crippen molar-refractivity contribution in [2.24, 2.45) is 0 Å². The van der Waals surface area contributed by atoms with E-state index >= 15 is 0 Å². The van der Waals surface area contributed by atoms with E-state index in [1.54, 1.807) is 18.7 Å². The lowest BCUT2D eigenvalue weighted by atomic mass is 10.2. The molecule has 0 aliphatic carbocycles. The van der Waals surface area contributed by atoms with Crippen LogP contribution in [0.2, 0.25) is 5.02 Å². The molecule has 0 unspecified atom stereocenters. The highest BCUT2D eigenvalue weighted by atomic mass is 35.5. The maximum absolute atomic E-state index is 6.01. The van der Waals surface area contributed by atoms with Gasteiger partial charge in [-0.15, -0.1) is 0 Å². The van der Waals surface area contributed by atoms with Crippen LogP contribution >= 0.6 is 23.2 Å². The Morgan fingerprint density at radius 2 is 2.19 bits per heavy atom. The van der Waals surface area contributed by atoms with Gasteiger partial charge in [0.05, 0.1) is 12.8 Å². The lowest BCUT2D eigenvalue weighted by Crippen LogP contribution is -2.04. The molecule has 0 bridgehead atoms. The molecule has 16 heavy (non-hydrogen) atoms. The van der Waals surface area contributed by atoms with Crippen molar-refractivity contribution < 1.29 is 4.74 Å². The van der Waals surface area contributed by atoms with Crippen LogP contribution in [-0.4, -0.2) is 13.7 Å². The Balaban J connectivity index is 2.90. The van der Waals surface area contributed by atoms with E-state index in [-0.39, 0.29) is 0 Å². The standard InChI is InChI=1S/C12H15Cl2NO/c1-8(6-13)7-15-11-4-9(2)10(14)5-12(11)16-3/h4-6,15H,7H2,1-3H3/b8-6+. The highest BCUT2D eigenvalue weighted by Crippen LogP contribution is 2.30. The number of anilines is 1. The average molecular weight is 260 g/mol. The number of ether oxygens (including phenoxy) is 1. The maximum Gasteiger partial charge on any atom is 0.143 e. The molecule has 0 spiro atoms. The molecule has 0 fully saturated rings. The van der Waals surface area contributed by atoms with Gasteiger partial charge in [0, 0.05) is 23.2 Å². The number of aryl methyl sites for hydroxylation is 1. The Bertz CT molecular complexity index is 402. The quantitative estimate of drug-likeness (QED) is 0.875. The van der Waals surface area contributed by atoms with Gasteiger partial charge >= 0.3 is 0 Å². The Morgan fingerprint density at radius 3 is 2.75 bits per heavy atom. The summed E-state index contributed by atoms with van der Waals surface area (Å²) in [6.07, 6.45) is 0. The molecule has 0 saturated carbocycles. The fourth-order valence-corrected chi connectivity index (χ4v) is 1.47. The Hall–Kier alpha value is -0.860. The van der Waals surface area contributed by atoms with Gasteiger partial charge in [-0.25, -0.2) is 0 Å². The molecule has 1 N–H and O–H groups in total. The molecule has 0 aliphatic rings. The van der Waals surface area contributed by atoms with Crippen LogP contribution in [-0.2, 0) is 0 Å². The molecule has 1 rings (SSSR count). The minimum Gasteiger partial charge on any atom is -0.495 e. The van der Waals surface area contributed by atoms with Gasteiger partial charge in [-0.3, -0.25) is 0 Å². The summed E-state index contributed by atoms with van der Waals surface area (Å²) in [6.45, 7) is 4.59. The molecule has 88 valence electrons. The van der Waals surface area contributed by atoms with Crippen molar-refractivity contribution in [3.8, 4) is 5.75 Å². The second kappa shape index (κ2) is 6.02. The average Bonchev–Trinajstić information content (AvgIpc) is 2.29. The third kappa shape index (κ3) is 3.32. The first-order valence-electron chi connectivity index (χ1n) is 4.92. The van der Waals surface area contributed by atoms with Gasteiger partial charge in [-0.05, 0) is 31.1 Å². The Morgan fingerprint density at radius 1 is 1.50 bits per heavy atom. The SMILES string of the molecule is COc1cc(Cl)c(C)cc1NC/C(C)=C/Cl. The topological polar surface area (TPSA) is 21.3 Å². The van der Waals surface area contributed by atoms with Crippen LogP contribution in [0.25, 0.3) is 0 Å². The van der Waals surface area contributed by atoms with E-state index in [2.05, 4.69) is 5.32 Å². The van der Waals surface area contributed by atoms with E-state index in [4.69, 9.17) is 27.9 Å². The first-order valence-corrected chi connectivity index (χ1v) is 5.73. The molecule has 1 aromatic rings. The van der Waals surface area contributed by atoms with Crippen LogP contribution < -0.4 is 10.1 Å². The first kappa shape index (κ1) is 13.2. The van der Waals surface area contributed by atoms with Gasteiger partial charge in [-0.1, -0.05) is 23.2 Å². The fraction of sp³-hybridized carbons (Fsp3) is 0.333. The molecule has 0 aliphatic heterocycles. The minimum atomic E-state index is 0.681. The zero-order valence-electron chi connectivity index (χ0n) is 9.60. The molecule has 1 aromatic carbocycles. The molecule has 4 heteroatoms. The summed E-state index contributed by atoms with van der Waals surface area (Å²) >= 11 is 11.6. The van der Waals surface area contributed by atoms with Crippen molar-refractivity contribution in [1.29, 1.82) is 0 Å². The number of rotatable bonds is 4. The van der Waals surface area contributed by atoms with E-state index < -0.39 is 0 Å². The van der Waals surface area contributed by atoms with Crippen molar-refractivity contribution >= 4 is 28.9 Å². The summed E-state index contributed by atoms with van der Waals surface area (Å²) < 4.78 is 5.25. The molecule has 0 radical (unpaired) electrons. The van der Waals surface area contributed by atoms with Crippen molar-refractivity contribution in [3.05, 3.63) is 33.8 Å². The molecular weight excluding hydrogens is 245 g/mol. The predicted molar refractivity (Wildman–Crippen MR) is 70.8 cm³/mol. The van der Waals surface area contributed by atoms with Gasteiger partial charge < -0.3 is 10.1 Å². The third-order valence-electron chi connectivity index (χ3n) is 2.22. The second-order valence-corrected chi connectivity index (χ2v) is 4.24. The van der Waals surface area contributed by atoms with Crippen molar-refractivity contribution in [2.75, 3.05) is 19.0 Å². The summed E-state index contributed by atoms with van der Waals surface area (Å²) in [6, 6.07) is 3.77. The van der Waals surface area contributed by atoms with Gasteiger partial charge in [0.15, 0.2) is 0 Å². The summed E-state index contributed by atoms with van der Waals surface area (Å²) in [4.78, 5) is 0. The lowest BCUT2D eigenvalue weighted by Gasteiger charge is -2.13. The smallest absolute Gasteiger partial charge is 0.143 e. The zero-order valence-corrected chi connectivity index (χ0v) is 11.1. The van der Waals surface area contributed by atoms with Crippen LogP contribution in [0.3, 0.4) is 0 Å². The Labute approximate surface area is 106 Å². The number of halogens is 2. The van der Waals surface area contributed by atoms with Gasteiger partial charge in [-0.2, -0.15) is 0 Å². The van der Waals surface area contributed by atoms with E-state index in [0.717, 1.165) is 22.6 Å². The summed E-state index contributed by atoms with van der Waals surface area (Å²) in [5.74, 6) is 0.734. The van der Waals surface area contributed by atoms with Crippen LogP contribution in [0.4, 0.5) is 5.69 Å². The van der Waals surface area contributed by atoms with Crippen molar-refractivity contribution in [1.82, 2.24) is 0 Å².